The molecule has 2 heteroatoms. The van der Waals surface area contributed by atoms with Crippen LogP contribution in [0.4, 0.5) is 0 Å². The van der Waals surface area contributed by atoms with Gasteiger partial charge in [-0.2, -0.15) is 0 Å². The van der Waals surface area contributed by atoms with Crippen molar-refractivity contribution in [2.75, 3.05) is 19.6 Å². The predicted octanol–water partition coefficient (Wildman–Crippen LogP) is 2.15. The summed E-state index contributed by atoms with van der Waals surface area (Å²) < 4.78 is 0. The highest BCUT2D eigenvalue weighted by atomic mass is 15.0. The van der Waals surface area contributed by atoms with Crippen LogP contribution in [0.2, 0.25) is 0 Å². The van der Waals surface area contributed by atoms with Gasteiger partial charge in [-0.05, 0) is 44.2 Å². The molecule has 0 aromatic heterocycles. The van der Waals surface area contributed by atoms with Crippen LogP contribution in [0.3, 0.4) is 0 Å². The average molecular weight is 210 g/mol. The number of nitrogens with one attached hydrogen (secondary N) is 2. The molecule has 2 atom stereocenters. The van der Waals surface area contributed by atoms with Crippen LogP contribution in [0.25, 0.3) is 0 Å². The Morgan fingerprint density at radius 1 is 1.20 bits per heavy atom. The van der Waals surface area contributed by atoms with Crippen molar-refractivity contribution >= 4 is 0 Å². The van der Waals surface area contributed by atoms with Crippen molar-refractivity contribution in [1.82, 2.24) is 10.6 Å². The minimum absolute atomic E-state index is 0.739. The fourth-order valence-corrected chi connectivity index (χ4v) is 2.61. The first kappa shape index (κ1) is 11.4. The molecule has 1 saturated heterocycles. The van der Waals surface area contributed by atoms with Gasteiger partial charge in [0.25, 0.3) is 0 Å². The van der Waals surface area contributed by atoms with Crippen LogP contribution in [0, 0.1) is 11.8 Å². The molecule has 0 bridgehead atoms. The minimum atomic E-state index is 0.739. The Morgan fingerprint density at radius 2 is 2.07 bits per heavy atom. The highest BCUT2D eigenvalue weighted by Crippen LogP contribution is 2.31. The maximum Gasteiger partial charge on any atom is 0.0195 e. The molecule has 1 aliphatic carbocycles. The molecule has 2 N–H and O–H groups in total. The first-order valence-electron chi connectivity index (χ1n) is 6.82. The van der Waals surface area contributed by atoms with Crippen LogP contribution in [-0.4, -0.2) is 25.7 Å². The van der Waals surface area contributed by atoms with Gasteiger partial charge in [0.2, 0.25) is 0 Å². The number of hydrogen-bond donors (Lipinski definition) is 2. The van der Waals surface area contributed by atoms with E-state index in [1.54, 1.807) is 0 Å². The fourth-order valence-electron chi connectivity index (χ4n) is 2.61. The first-order valence-corrected chi connectivity index (χ1v) is 6.82. The number of piperidine rings is 1. The van der Waals surface area contributed by atoms with Crippen molar-refractivity contribution in [3.05, 3.63) is 0 Å². The van der Waals surface area contributed by atoms with Gasteiger partial charge in [-0.15, -0.1) is 0 Å². The Kier molecular flexibility index (Phi) is 4.45. The normalized spacial score (nSPS) is 31.8. The van der Waals surface area contributed by atoms with Crippen LogP contribution >= 0.6 is 0 Å². The van der Waals surface area contributed by atoms with E-state index in [2.05, 4.69) is 17.6 Å². The number of hydrogen-bond acceptors (Lipinski definition) is 2. The summed E-state index contributed by atoms with van der Waals surface area (Å²) in [5, 5.41) is 7.23. The van der Waals surface area contributed by atoms with E-state index in [0.29, 0.717) is 0 Å². The van der Waals surface area contributed by atoms with Gasteiger partial charge < -0.3 is 10.6 Å². The summed E-state index contributed by atoms with van der Waals surface area (Å²) in [7, 11) is 0. The maximum atomic E-state index is 3.62. The summed E-state index contributed by atoms with van der Waals surface area (Å²) in [6, 6.07) is 0.739. The lowest BCUT2D eigenvalue weighted by Crippen LogP contribution is -2.44. The highest BCUT2D eigenvalue weighted by Gasteiger charge is 2.21. The monoisotopic (exact) mass is 210 g/mol. The third-order valence-corrected chi connectivity index (χ3v) is 4.00. The summed E-state index contributed by atoms with van der Waals surface area (Å²) in [5.74, 6) is 2.04. The van der Waals surface area contributed by atoms with Crippen molar-refractivity contribution < 1.29 is 0 Å². The van der Waals surface area contributed by atoms with Gasteiger partial charge in [-0.25, -0.2) is 0 Å². The van der Waals surface area contributed by atoms with Gasteiger partial charge in [0.05, 0.1) is 0 Å². The molecule has 2 rings (SSSR count). The Bertz CT molecular complexity index is 177. The number of rotatable bonds is 6. The molecule has 15 heavy (non-hydrogen) atoms. The molecule has 0 radical (unpaired) electrons. The van der Waals surface area contributed by atoms with Gasteiger partial charge in [0.1, 0.15) is 0 Å². The second kappa shape index (κ2) is 5.86. The summed E-state index contributed by atoms with van der Waals surface area (Å²) >= 11 is 0. The van der Waals surface area contributed by atoms with Crippen molar-refractivity contribution in [3.8, 4) is 0 Å². The highest BCUT2D eigenvalue weighted by molar-refractivity contribution is 4.80. The van der Waals surface area contributed by atoms with Crippen LogP contribution in [-0.2, 0) is 0 Å². The Morgan fingerprint density at radius 3 is 2.80 bits per heavy atom. The lowest BCUT2D eigenvalue weighted by molar-refractivity contribution is 0.288. The fraction of sp³-hybridized carbons (Fsp3) is 1.00. The zero-order chi connectivity index (χ0) is 10.5. The van der Waals surface area contributed by atoms with E-state index >= 15 is 0 Å². The third-order valence-electron chi connectivity index (χ3n) is 4.00. The maximum absolute atomic E-state index is 3.62. The van der Waals surface area contributed by atoms with Crippen LogP contribution in [0.15, 0.2) is 0 Å². The first-order chi connectivity index (χ1) is 7.38. The molecule has 88 valence electrons. The van der Waals surface area contributed by atoms with E-state index in [4.69, 9.17) is 0 Å². The summed E-state index contributed by atoms with van der Waals surface area (Å²) in [6.07, 6.45) is 8.51. The minimum Gasteiger partial charge on any atom is -0.315 e. The SMILES string of the molecule is CCC1CCNC(CNCCC2CC2)C1. The van der Waals surface area contributed by atoms with Gasteiger partial charge in [-0.3, -0.25) is 0 Å². The molecule has 0 amide bonds. The second-order valence-corrected chi connectivity index (χ2v) is 5.39. The zero-order valence-corrected chi connectivity index (χ0v) is 10.1. The lowest BCUT2D eigenvalue weighted by Gasteiger charge is -2.30. The van der Waals surface area contributed by atoms with E-state index in [9.17, 15) is 0 Å². The van der Waals surface area contributed by atoms with E-state index in [1.165, 1.54) is 58.2 Å². The molecular weight excluding hydrogens is 184 g/mol. The molecule has 2 unspecified atom stereocenters. The van der Waals surface area contributed by atoms with Crippen molar-refractivity contribution in [2.24, 2.45) is 11.8 Å². The molecule has 2 fully saturated rings. The summed E-state index contributed by atoms with van der Waals surface area (Å²) in [6.45, 7) is 5.98. The molecule has 0 spiro atoms. The quantitative estimate of drug-likeness (QED) is 0.656. The van der Waals surface area contributed by atoms with E-state index in [-0.39, 0.29) is 0 Å². The zero-order valence-electron chi connectivity index (χ0n) is 10.1. The van der Waals surface area contributed by atoms with Crippen LogP contribution in [0.5, 0.6) is 0 Å². The molecular formula is C13H26N2. The summed E-state index contributed by atoms with van der Waals surface area (Å²) in [5.41, 5.74) is 0. The van der Waals surface area contributed by atoms with Crippen LogP contribution in [0.1, 0.15) is 45.4 Å². The third kappa shape index (κ3) is 4.12. The molecule has 0 aromatic carbocycles. The molecule has 1 saturated carbocycles. The van der Waals surface area contributed by atoms with E-state index < -0.39 is 0 Å². The van der Waals surface area contributed by atoms with Gasteiger partial charge in [0, 0.05) is 12.6 Å². The van der Waals surface area contributed by atoms with Crippen molar-refractivity contribution in [3.63, 3.8) is 0 Å². The topological polar surface area (TPSA) is 24.1 Å². The van der Waals surface area contributed by atoms with E-state index in [1.807, 2.05) is 0 Å². The second-order valence-electron chi connectivity index (χ2n) is 5.39. The van der Waals surface area contributed by atoms with Crippen molar-refractivity contribution in [1.29, 1.82) is 0 Å². The smallest absolute Gasteiger partial charge is 0.0195 e. The van der Waals surface area contributed by atoms with Gasteiger partial charge in [0.15, 0.2) is 0 Å². The molecule has 1 heterocycles. The molecule has 2 aliphatic rings. The van der Waals surface area contributed by atoms with Gasteiger partial charge >= 0.3 is 0 Å². The molecule has 2 nitrogen and oxygen atoms in total. The van der Waals surface area contributed by atoms with Crippen LogP contribution < -0.4 is 10.6 Å². The largest absolute Gasteiger partial charge is 0.315 e. The van der Waals surface area contributed by atoms with E-state index in [0.717, 1.165) is 17.9 Å². The molecule has 0 aromatic rings. The lowest BCUT2D eigenvalue weighted by atomic mass is 9.90. The average Bonchev–Trinajstić information content (AvgIpc) is 3.09. The predicted molar refractivity (Wildman–Crippen MR) is 65.0 cm³/mol. The van der Waals surface area contributed by atoms with Gasteiger partial charge in [-0.1, -0.05) is 26.2 Å². The Hall–Kier alpha value is -0.0800. The van der Waals surface area contributed by atoms with Crippen molar-refractivity contribution in [2.45, 2.75) is 51.5 Å². The standard InChI is InChI=1S/C13H26N2/c1-2-11-6-8-15-13(9-11)10-14-7-5-12-3-4-12/h11-15H,2-10H2,1H3. The molecule has 1 aliphatic heterocycles. The Balaban J connectivity index is 1.52. The Labute approximate surface area is 94.2 Å². The summed E-state index contributed by atoms with van der Waals surface area (Å²) in [4.78, 5) is 0.